The van der Waals surface area contributed by atoms with Crippen LogP contribution in [0.15, 0.2) is 33.4 Å². The molecular weight excluding hydrogens is 614 g/mol. The minimum atomic E-state index is -1.19. The molecule has 0 saturated carbocycles. The molecular formula is C23H21Cl2FN4O8S2. The number of halogens is 3. The lowest BCUT2D eigenvalue weighted by molar-refractivity contribution is -0.212. The first kappa shape index (κ1) is 30.0. The lowest BCUT2D eigenvalue weighted by atomic mass is 9.96. The zero-order valence-electron chi connectivity index (χ0n) is 21.0. The Hall–Kier alpha value is -2.98. The number of hydrogen-bond donors (Lipinski definition) is 1. The second kappa shape index (κ2) is 12.7. The van der Waals surface area contributed by atoms with Gasteiger partial charge in [-0.2, -0.15) is 0 Å². The van der Waals surface area contributed by atoms with Gasteiger partial charge in [0.05, 0.1) is 21.9 Å². The molecule has 2 unspecified atom stereocenters. The maximum Gasteiger partial charge on any atom is 0.304 e. The number of carbonyl (C=O) groups excluding carboxylic acids is 3. The largest absolute Gasteiger partial charge is 0.463 e. The molecule has 4 rings (SSSR count). The third-order valence-electron chi connectivity index (χ3n) is 5.49. The molecule has 3 aromatic rings. The van der Waals surface area contributed by atoms with E-state index < -0.39 is 53.5 Å². The molecule has 1 fully saturated rings. The highest BCUT2D eigenvalue weighted by molar-refractivity contribution is 7.99. The fourth-order valence-corrected chi connectivity index (χ4v) is 6.34. The number of aromatic nitrogens is 4. The fourth-order valence-electron chi connectivity index (χ4n) is 3.96. The number of esters is 3. The zero-order chi connectivity index (χ0) is 29.1. The molecule has 2 aromatic heterocycles. The predicted molar refractivity (Wildman–Crippen MR) is 142 cm³/mol. The highest BCUT2D eigenvalue weighted by Gasteiger charge is 2.52. The Balaban J connectivity index is 1.81. The van der Waals surface area contributed by atoms with E-state index in [1.165, 1.54) is 43.8 Å². The first-order valence-electron chi connectivity index (χ1n) is 11.5. The summed E-state index contributed by atoms with van der Waals surface area (Å²) in [4.78, 5) is 50.4. The Bertz CT molecular complexity index is 1460. The molecule has 1 aliphatic heterocycles. The molecule has 1 aliphatic rings. The number of nitrogens with one attached hydrogen (secondary N) is 1. The van der Waals surface area contributed by atoms with Gasteiger partial charge in [-0.25, -0.2) is 9.07 Å². The molecule has 0 spiro atoms. The standard InChI is InChI=1S/C23H21Cl2FN4O8S2/c1-9(31)35-7-17-20(36-10(2)32)19(30-6-15(28-29-30)16-8-39-23(34)27-16)21(37-11(3)33)22(38-17)40-12-4-13(24)18(26)14(25)5-12/h4-6,8,17,19-22H,7H2,1-3H3,(H,27,34)/t17?,19?,20-,21-,22+/m0/s1. The molecule has 0 radical (unpaired) electrons. The molecule has 0 aliphatic carbocycles. The number of aromatic amines is 1. The van der Waals surface area contributed by atoms with Gasteiger partial charge in [-0.1, -0.05) is 51.5 Å². The van der Waals surface area contributed by atoms with E-state index in [-0.39, 0.29) is 27.2 Å². The SMILES string of the molecule is CC(=O)OCC1O[C@H](Sc2cc(Cl)c(F)c(Cl)c2)[C@@H](OC(C)=O)C(n2cc(-c3csc(=O)[nH]3)nn2)[C@H]1OC(C)=O. The van der Waals surface area contributed by atoms with Crippen LogP contribution in [0.1, 0.15) is 26.8 Å². The van der Waals surface area contributed by atoms with Gasteiger partial charge in [-0.3, -0.25) is 19.2 Å². The van der Waals surface area contributed by atoms with Crippen molar-refractivity contribution in [2.24, 2.45) is 0 Å². The van der Waals surface area contributed by atoms with Gasteiger partial charge < -0.3 is 23.9 Å². The van der Waals surface area contributed by atoms with Gasteiger partial charge >= 0.3 is 22.8 Å². The van der Waals surface area contributed by atoms with Crippen LogP contribution in [0, 0.1) is 5.82 Å². The number of rotatable bonds is 8. The van der Waals surface area contributed by atoms with Gasteiger partial charge in [0.2, 0.25) is 0 Å². The third kappa shape index (κ3) is 7.01. The molecule has 40 heavy (non-hydrogen) atoms. The molecule has 12 nitrogen and oxygen atoms in total. The number of hydrogen-bond acceptors (Lipinski definition) is 12. The van der Waals surface area contributed by atoms with E-state index in [9.17, 15) is 23.6 Å². The van der Waals surface area contributed by atoms with Crippen molar-refractivity contribution in [3.63, 3.8) is 0 Å². The summed E-state index contributed by atoms with van der Waals surface area (Å²) in [7, 11) is 0. The topological polar surface area (TPSA) is 152 Å². The second-order valence-corrected chi connectivity index (χ2v) is 11.3. The second-order valence-electron chi connectivity index (χ2n) is 8.45. The van der Waals surface area contributed by atoms with E-state index in [0.29, 0.717) is 10.6 Å². The molecule has 5 atom stereocenters. The normalized spacial score (nSPS) is 22.5. The molecule has 0 amide bonds. The number of thioether (sulfide) groups is 1. The summed E-state index contributed by atoms with van der Waals surface area (Å²) in [5, 5.41) is 9.32. The smallest absolute Gasteiger partial charge is 0.304 e. The van der Waals surface area contributed by atoms with Crippen LogP contribution in [0.25, 0.3) is 11.4 Å². The van der Waals surface area contributed by atoms with Gasteiger partial charge in [-0.05, 0) is 12.1 Å². The predicted octanol–water partition coefficient (Wildman–Crippen LogP) is 3.63. The third-order valence-corrected chi connectivity index (χ3v) is 7.83. The van der Waals surface area contributed by atoms with Crippen molar-refractivity contribution < 1.29 is 37.7 Å². The summed E-state index contributed by atoms with van der Waals surface area (Å²) in [6.45, 7) is 3.22. The minimum absolute atomic E-state index is 0.244. The Labute approximate surface area is 244 Å². The average molecular weight is 635 g/mol. The van der Waals surface area contributed by atoms with Crippen LogP contribution in [-0.4, -0.2) is 68.2 Å². The molecule has 3 heterocycles. The number of ether oxygens (including phenoxy) is 4. The summed E-state index contributed by atoms with van der Waals surface area (Å²) in [5.41, 5.74) is -0.377. The number of carbonyl (C=O) groups is 3. The van der Waals surface area contributed by atoms with E-state index in [0.717, 1.165) is 23.1 Å². The van der Waals surface area contributed by atoms with Gasteiger partial charge in [0, 0.05) is 31.0 Å². The van der Waals surface area contributed by atoms with Crippen molar-refractivity contribution in [2.75, 3.05) is 6.61 Å². The lowest BCUT2D eigenvalue weighted by Gasteiger charge is -2.44. The molecule has 0 bridgehead atoms. The summed E-state index contributed by atoms with van der Waals surface area (Å²) in [6, 6.07) is 1.57. The van der Waals surface area contributed by atoms with Crippen molar-refractivity contribution in [1.29, 1.82) is 0 Å². The van der Waals surface area contributed by atoms with Crippen molar-refractivity contribution >= 4 is 64.2 Å². The summed E-state index contributed by atoms with van der Waals surface area (Å²) >= 11 is 13.9. The highest BCUT2D eigenvalue weighted by Crippen LogP contribution is 2.42. The van der Waals surface area contributed by atoms with Crippen LogP contribution in [0.5, 0.6) is 0 Å². The van der Waals surface area contributed by atoms with Crippen molar-refractivity contribution in [3.05, 3.63) is 49.2 Å². The Kier molecular flexibility index (Phi) is 9.51. The number of H-pyrrole nitrogens is 1. The Morgan fingerprint density at radius 1 is 1.12 bits per heavy atom. The van der Waals surface area contributed by atoms with Gasteiger partial charge in [0.15, 0.2) is 18.0 Å². The number of thiazole rings is 1. The van der Waals surface area contributed by atoms with E-state index in [2.05, 4.69) is 15.3 Å². The van der Waals surface area contributed by atoms with E-state index in [1.54, 1.807) is 5.38 Å². The molecule has 1 saturated heterocycles. The van der Waals surface area contributed by atoms with E-state index in [4.69, 9.17) is 42.1 Å². The van der Waals surface area contributed by atoms with Crippen molar-refractivity contribution in [3.8, 4) is 11.4 Å². The van der Waals surface area contributed by atoms with Crippen LogP contribution < -0.4 is 4.87 Å². The maximum absolute atomic E-state index is 14.1. The zero-order valence-corrected chi connectivity index (χ0v) is 24.1. The van der Waals surface area contributed by atoms with Gasteiger partial charge in [-0.15, -0.1) is 5.10 Å². The van der Waals surface area contributed by atoms with E-state index in [1.807, 2.05) is 0 Å². The molecule has 1 N–H and O–H groups in total. The van der Waals surface area contributed by atoms with Crippen LogP contribution in [0.4, 0.5) is 4.39 Å². The number of benzene rings is 1. The highest BCUT2D eigenvalue weighted by atomic mass is 35.5. The summed E-state index contributed by atoms with van der Waals surface area (Å²) < 4.78 is 38.0. The van der Waals surface area contributed by atoms with Gasteiger partial charge in [0.1, 0.15) is 29.9 Å². The Morgan fingerprint density at radius 3 is 2.35 bits per heavy atom. The maximum atomic E-state index is 14.1. The molecule has 1 aromatic carbocycles. The van der Waals surface area contributed by atoms with Crippen LogP contribution >= 0.6 is 46.3 Å². The monoisotopic (exact) mass is 634 g/mol. The van der Waals surface area contributed by atoms with Gasteiger partial charge in [0.25, 0.3) is 0 Å². The first-order chi connectivity index (χ1) is 18.9. The number of nitrogens with zero attached hydrogens (tertiary/aromatic N) is 3. The quantitative estimate of drug-likeness (QED) is 0.220. The summed E-state index contributed by atoms with van der Waals surface area (Å²) in [6.07, 6.45) is -1.97. The lowest BCUT2D eigenvalue weighted by Crippen LogP contribution is -2.57. The molecule has 17 heteroatoms. The van der Waals surface area contributed by atoms with E-state index >= 15 is 0 Å². The van der Waals surface area contributed by atoms with Crippen LogP contribution in [-0.2, 0) is 33.3 Å². The minimum Gasteiger partial charge on any atom is -0.463 e. The van der Waals surface area contributed by atoms with Crippen molar-refractivity contribution in [1.82, 2.24) is 20.0 Å². The fraction of sp³-hybridized carbons (Fsp3) is 0.391. The Morgan fingerprint density at radius 2 is 1.77 bits per heavy atom. The van der Waals surface area contributed by atoms with Crippen LogP contribution in [0.3, 0.4) is 0 Å². The average Bonchev–Trinajstić information content (AvgIpc) is 3.51. The van der Waals surface area contributed by atoms with Crippen LogP contribution in [0.2, 0.25) is 10.0 Å². The summed E-state index contributed by atoms with van der Waals surface area (Å²) in [5.74, 6) is -2.81. The van der Waals surface area contributed by atoms with Crippen molar-refractivity contribution in [2.45, 2.75) is 55.5 Å². The first-order valence-corrected chi connectivity index (χ1v) is 14.0. The molecule has 214 valence electrons.